The number of allylic oxidation sites excluding steroid dienone is 3. The topological polar surface area (TPSA) is 27.6 Å². The Balaban J connectivity index is 1.37. The molecular formula is C24H24F3N3. The number of likely N-dealkylation sites (tertiary alicyclic amines) is 1. The van der Waals surface area contributed by atoms with Crippen molar-refractivity contribution in [1.82, 2.24) is 10.2 Å². The average Bonchev–Trinajstić information content (AvgIpc) is 3.36. The smallest absolute Gasteiger partial charge is 0.361 e. The largest absolute Gasteiger partial charge is 0.416 e. The van der Waals surface area contributed by atoms with Crippen LogP contribution in [0.5, 0.6) is 0 Å². The van der Waals surface area contributed by atoms with Gasteiger partial charge in [-0.1, -0.05) is 49.4 Å². The van der Waals surface area contributed by atoms with E-state index in [0.717, 1.165) is 47.9 Å². The molecule has 1 fully saturated rings. The zero-order chi connectivity index (χ0) is 20.9. The van der Waals surface area contributed by atoms with Crippen molar-refractivity contribution >= 4 is 16.6 Å². The zero-order valence-corrected chi connectivity index (χ0v) is 16.8. The van der Waals surface area contributed by atoms with Gasteiger partial charge in [0.2, 0.25) is 0 Å². The van der Waals surface area contributed by atoms with Crippen molar-refractivity contribution in [1.29, 1.82) is 0 Å². The molecule has 1 atom stereocenters. The molecule has 0 radical (unpaired) electrons. The van der Waals surface area contributed by atoms with Crippen LogP contribution in [-0.2, 0) is 6.54 Å². The molecular weight excluding hydrogens is 387 g/mol. The molecule has 1 unspecified atom stereocenters. The second-order valence-corrected chi connectivity index (χ2v) is 8.58. The Bertz CT molecular complexity index is 1070. The molecule has 1 saturated heterocycles. The molecule has 0 bridgehead atoms. The summed E-state index contributed by atoms with van der Waals surface area (Å²) in [6, 6.07) is 12.4. The number of amidine groups is 1. The average molecular weight is 411 g/mol. The second kappa shape index (κ2) is 7.27. The molecule has 2 aromatic rings. The molecule has 5 rings (SSSR count). The van der Waals surface area contributed by atoms with Crippen molar-refractivity contribution in [3.05, 3.63) is 70.8 Å². The molecule has 0 amide bonds. The van der Waals surface area contributed by atoms with Crippen molar-refractivity contribution in [2.24, 2.45) is 10.9 Å². The molecule has 3 nitrogen and oxygen atoms in total. The van der Waals surface area contributed by atoms with Gasteiger partial charge in [0.05, 0.1) is 18.2 Å². The molecule has 2 aliphatic heterocycles. The summed E-state index contributed by atoms with van der Waals surface area (Å²) >= 11 is 0. The fourth-order valence-corrected chi connectivity index (χ4v) is 4.70. The summed E-state index contributed by atoms with van der Waals surface area (Å²) in [5, 5.41) is 5.71. The molecule has 0 spiro atoms. The lowest BCUT2D eigenvalue weighted by Crippen LogP contribution is -2.44. The molecule has 6 heteroatoms. The first-order valence-corrected chi connectivity index (χ1v) is 10.4. The third-order valence-electron chi connectivity index (χ3n) is 6.22. The van der Waals surface area contributed by atoms with Gasteiger partial charge >= 0.3 is 6.18 Å². The van der Waals surface area contributed by atoms with Crippen molar-refractivity contribution in [3.8, 4) is 0 Å². The van der Waals surface area contributed by atoms with E-state index < -0.39 is 11.7 Å². The van der Waals surface area contributed by atoms with Crippen LogP contribution in [0.25, 0.3) is 10.8 Å². The summed E-state index contributed by atoms with van der Waals surface area (Å²) < 4.78 is 38.9. The Kier molecular flexibility index (Phi) is 4.69. The van der Waals surface area contributed by atoms with Crippen LogP contribution in [0.3, 0.4) is 0 Å². The van der Waals surface area contributed by atoms with Gasteiger partial charge in [-0.05, 0) is 40.3 Å². The van der Waals surface area contributed by atoms with Gasteiger partial charge in [0.15, 0.2) is 0 Å². The van der Waals surface area contributed by atoms with Gasteiger partial charge in [0, 0.05) is 25.2 Å². The summed E-state index contributed by atoms with van der Waals surface area (Å²) in [6.45, 7) is 5.93. The Hall–Kier alpha value is -2.60. The standard InChI is InChI=1S/C24H24F3N3/c1-15-12-30(13-15)14-17-7-9-21(20-5-3-2-4-19(17)20)23-28-11-22(29-23)16-6-8-18(10-16)24(25,26)27/h2-5,7-10,15,22H,6,11-14H2,1H3,(H,28,29). The van der Waals surface area contributed by atoms with E-state index in [1.807, 2.05) is 6.07 Å². The molecule has 3 aliphatic rings. The number of nitrogens with one attached hydrogen (secondary N) is 1. The van der Waals surface area contributed by atoms with Crippen molar-refractivity contribution in [2.75, 3.05) is 19.6 Å². The van der Waals surface area contributed by atoms with Crippen LogP contribution < -0.4 is 5.32 Å². The molecule has 1 aliphatic carbocycles. The van der Waals surface area contributed by atoms with E-state index in [0.29, 0.717) is 13.0 Å². The monoisotopic (exact) mass is 411 g/mol. The van der Waals surface area contributed by atoms with E-state index in [-0.39, 0.29) is 6.04 Å². The maximum atomic E-state index is 13.0. The van der Waals surface area contributed by atoms with Gasteiger partial charge in [-0.15, -0.1) is 0 Å². The SMILES string of the molecule is CC1CN(Cc2ccc(C3=NCC(C4=CC(C(F)(F)F)=CC4)N3)c3ccccc23)C1. The van der Waals surface area contributed by atoms with E-state index in [1.165, 1.54) is 23.1 Å². The van der Waals surface area contributed by atoms with Gasteiger partial charge in [0.25, 0.3) is 0 Å². The lowest BCUT2D eigenvalue weighted by atomic mass is 9.96. The Labute approximate surface area is 174 Å². The molecule has 2 aromatic carbocycles. The first-order valence-electron chi connectivity index (χ1n) is 10.4. The quantitative estimate of drug-likeness (QED) is 0.781. The molecule has 0 aromatic heterocycles. The van der Waals surface area contributed by atoms with Crippen LogP contribution in [0.4, 0.5) is 13.2 Å². The third-order valence-corrected chi connectivity index (χ3v) is 6.22. The van der Waals surface area contributed by atoms with Crippen LogP contribution in [-0.4, -0.2) is 42.6 Å². The van der Waals surface area contributed by atoms with Crippen LogP contribution in [0.15, 0.2) is 64.7 Å². The highest BCUT2D eigenvalue weighted by Gasteiger charge is 2.36. The minimum atomic E-state index is -4.29. The van der Waals surface area contributed by atoms with E-state index in [1.54, 1.807) is 0 Å². The molecule has 30 heavy (non-hydrogen) atoms. The highest BCUT2D eigenvalue weighted by atomic mass is 19.4. The summed E-state index contributed by atoms with van der Waals surface area (Å²) in [6.07, 6.45) is -1.44. The van der Waals surface area contributed by atoms with Gasteiger partial charge < -0.3 is 5.32 Å². The third kappa shape index (κ3) is 3.54. The Morgan fingerprint density at radius 2 is 1.87 bits per heavy atom. The molecule has 0 saturated carbocycles. The zero-order valence-electron chi connectivity index (χ0n) is 16.8. The number of aliphatic imine (C=N–C) groups is 1. The van der Waals surface area contributed by atoms with Gasteiger partial charge in [-0.3, -0.25) is 9.89 Å². The second-order valence-electron chi connectivity index (χ2n) is 8.58. The normalized spacial score (nSPS) is 22.5. The number of alkyl halides is 3. The summed E-state index contributed by atoms with van der Waals surface area (Å²) in [7, 11) is 0. The summed E-state index contributed by atoms with van der Waals surface area (Å²) in [5.41, 5.74) is 2.50. The lowest BCUT2D eigenvalue weighted by Gasteiger charge is -2.37. The number of fused-ring (bicyclic) bond motifs is 1. The van der Waals surface area contributed by atoms with E-state index in [4.69, 9.17) is 0 Å². The maximum absolute atomic E-state index is 13.0. The Morgan fingerprint density at radius 3 is 2.57 bits per heavy atom. The highest BCUT2D eigenvalue weighted by molar-refractivity contribution is 6.11. The minimum absolute atomic E-state index is 0.183. The summed E-state index contributed by atoms with van der Waals surface area (Å²) in [5.74, 6) is 1.53. The number of hydrogen-bond donors (Lipinski definition) is 1. The Morgan fingerprint density at radius 1 is 1.10 bits per heavy atom. The number of halogens is 3. The molecule has 1 N–H and O–H groups in total. The number of benzene rings is 2. The predicted molar refractivity (Wildman–Crippen MR) is 114 cm³/mol. The number of hydrogen-bond acceptors (Lipinski definition) is 3. The summed E-state index contributed by atoms with van der Waals surface area (Å²) in [4.78, 5) is 7.10. The van der Waals surface area contributed by atoms with E-state index in [9.17, 15) is 13.2 Å². The fraction of sp³-hybridized carbons (Fsp3) is 0.375. The van der Waals surface area contributed by atoms with Crippen molar-refractivity contribution < 1.29 is 13.2 Å². The first kappa shape index (κ1) is 19.4. The van der Waals surface area contributed by atoms with Crippen LogP contribution in [0.1, 0.15) is 24.5 Å². The lowest BCUT2D eigenvalue weighted by molar-refractivity contribution is -0.0880. The van der Waals surface area contributed by atoms with Crippen LogP contribution >= 0.6 is 0 Å². The van der Waals surface area contributed by atoms with Crippen molar-refractivity contribution in [3.63, 3.8) is 0 Å². The van der Waals surface area contributed by atoms with E-state index in [2.05, 4.69) is 52.5 Å². The number of rotatable bonds is 4. The van der Waals surface area contributed by atoms with Gasteiger partial charge in [0.1, 0.15) is 5.84 Å². The first-order chi connectivity index (χ1) is 14.4. The number of nitrogens with zero attached hydrogens (tertiary/aromatic N) is 2. The van der Waals surface area contributed by atoms with Gasteiger partial charge in [-0.2, -0.15) is 13.2 Å². The maximum Gasteiger partial charge on any atom is 0.416 e. The minimum Gasteiger partial charge on any atom is -0.361 e. The highest BCUT2D eigenvalue weighted by Crippen LogP contribution is 2.34. The van der Waals surface area contributed by atoms with Crippen LogP contribution in [0, 0.1) is 5.92 Å². The van der Waals surface area contributed by atoms with Gasteiger partial charge in [-0.25, -0.2) is 0 Å². The van der Waals surface area contributed by atoms with Crippen LogP contribution in [0.2, 0.25) is 0 Å². The van der Waals surface area contributed by atoms with E-state index >= 15 is 0 Å². The predicted octanol–water partition coefficient (Wildman–Crippen LogP) is 4.83. The van der Waals surface area contributed by atoms with Crippen molar-refractivity contribution in [2.45, 2.75) is 32.1 Å². The molecule has 2 heterocycles. The molecule has 156 valence electrons. The fourth-order valence-electron chi connectivity index (χ4n) is 4.70.